The number of amides is 1. The number of hydrogen-bond acceptors (Lipinski definition) is 4. The van der Waals surface area contributed by atoms with E-state index in [9.17, 15) is 9.59 Å². The van der Waals surface area contributed by atoms with Crippen LogP contribution in [0.3, 0.4) is 0 Å². The average Bonchev–Trinajstić information content (AvgIpc) is 3.14. The van der Waals surface area contributed by atoms with Gasteiger partial charge in [-0.2, -0.15) is 0 Å². The standard InChI is InChI=1S/C26H33N5O2/c1-19(32)29-12-14-30(15-13-29)24-17-25-23(16-22(24)27-21-10-6-3-7-11-21)28-26(33)31(25)18-20-8-4-2-5-9-20/h3,6-7,10-11,16-17,20,27H,2,4-5,8-9,12-15,18H2,1H3,(H,28,33). The third-order valence-corrected chi connectivity index (χ3v) is 7.18. The minimum atomic E-state index is -0.0280. The molecule has 7 heteroatoms. The number of para-hydroxylation sites is 1. The Morgan fingerprint density at radius 1 is 1.03 bits per heavy atom. The van der Waals surface area contributed by atoms with Gasteiger partial charge in [-0.3, -0.25) is 9.36 Å². The lowest BCUT2D eigenvalue weighted by molar-refractivity contribution is -0.129. The van der Waals surface area contributed by atoms with E-state index in [1.807, 2.05) is 39.8 Å². The number of carbonyl (C=O) groups excluding carboxylic acids is 1. The molecule has 1 saturated heterocycles. The number of H-pyrrole nitrogens is 1. The number of fused-ring (bicyclic) bond motifs is 1. The minimum absolute atomic E-state index is 0.0280. The van der Waals surface area contributed by atoms with Crippen molar-refractivity contribution in [1.82, 2.24) is 14.5 Å². The molecule has 0 spiro atoms. The smallest absolute Gasteiger partial charge is 0.326 e. The number of rotatable bonds is 5. The lowest BCUT2D eigenvalue weighted by atomic mass is 9.89. The van der Waals surface area contributed by atoms with E-state index in [1.165, 1.54) is 32.1 Å². The number of nitrogens with one attached hydrogen (secondary N) is 2. The van der Waals surface area contributed by atoms with Crippen molar-refractivity contribution < 1.29 is 4.79 Å². The van der Waals surface area contributed by atoms with Crippen molar-refractivity contribution >= 4 is 34.0 Å². The Balaban J connectivity index is 1.52. The first kappa shape index (κ1) is 21.6. The Labute approximate surface area is 194 Å². The van der Waals surface area contributed by atoms with Gasteiger partial charge in [0.2, 0.25) is 5.91 Å². The molecule has 0 radical (unpaired) electrons. The molecule has 3 aromatic rings. The van der Waals surface area contributed by atoms with Gasteiger partial charge in [-0.15, -0.1) is 0 Å². The summed E-state index contributed by atoms with van der Waals surface area (Å²) in [4.78, 5) is 32.0. The first-order chi connectivity index (χ1) is 16.1. The Kier molecular flexibility index (Phi) is 6.11. The molecule has 174 valence electrons. The first-order valence-corrected chi connectivity index (χ1v) is 12.2. The maximum atomic E-state index is 12.9. The monoisotopic (exact) mass is 447 g/mol. The predicted octanol–water partition coefficient (Wildman–Crippen LogP) is 4.32. The number of hydrogen-bond donors (Lipinski definition) is 2. The lowest BCUT2D eigenvalue weighted by Crippen LogP contribution is -2.48. The fourth-order valence-electron chi connectivity index (χ4n) is 5.30. The van der Waals surface area contributed by atoms with Crippen molar-refractivity contribution in [2.75, 3.05) is 36.4 Å². The maximum absolute atomic E-state index is 12.9. The summed E-state index contributed by atoms with van der Waals surface area (Å²) in [5.74, 6) is 0.694. The zero-order valence-corrected chi connectivity index (χ0v) is 19.3. The van der Waals surface area contributed by atoms with E-state index >= 15 is 0 Å². The van der Waals surface area contributed by atoms with Crippen LogP contribution in [0.2, 0.25) is 0 Å². The van der Waals surface area contributed by atoms with Gasteiger partial charge in [-0.1, -0.05) is 37.5 Å². The Bertz CT molecular complexity index is 1170. The van der Waals surface area contributed by atoms with Crippen LogP contribution in [-0.4, -0.2) is 46.5 Å². The number of piperazine rings is 1. The quantitative estimate of drug-likeness (QED) is 0.611. The van der Waals surface area contributed by atoms with Crippen LogP contribution in [0.1, 0.15) is 39.0 Å². The van der Waals surface area contributed by atoms with Crippen molar-refractivity contribution in [3.8, 4) is 0 Å². The van der Waals surface area contributed by atoms with Crippen molar-refractivity contribution in [3.05, 3.63) is 52.9 Å². The number of nitrogens with zero attached hydrogens (tertiary/aromatic N) is 3. The summed E-state index contributed by atoms with van der Waals surface area (Å²) in [6.07, 6.45) is 6.24. The summed E-state index contributed by atoms with van der Waals surface area (Å²) in [5, 5.41) is 3.55. The zero-order valence-electron chi connectivity index (χ0n) is 19.3. The van der Waals surface area contributed by atoms with Crippen LogP contribution in [-0.2, 0) is 11.3 Å². The highest BCUT2D eigenvalue weighted by atomic mass is 16.2. The average molecular weight is 448 g/mol. The highest BCUT2D eigenvalue weighted by Crippen LogP contribution is 2.34. The van der Waals surface area contributed by atoms with Crippen molar-refractivity contribution in [1.29, 1.82) is 0 Å². The van der Waals surface area contributed by atoms with Crippen molar-refractivity contribution in [2.24, 2.45) is 5.92 Å². The summed E-state index contributed by atoms with van der Waals surface area (Å²) < 4.78 is 1.94. The van der Waals surface area contributed by atoms with Gasteiger partial charge in [0.1, 0.15) is 0 Å². The summed E-state index contributed by atoms with van der Waals surface area (Å²) in [6, 6.07) is 14.3. The molecule has 2 aromatic carbocycles. The van der Waals surface area contributed by atoms with Crippen molar-refractivity contribution in [2.45, 2.75) is 45.6 Å². The van der Waals surface area contributed by atoms with E-state index in [0.717, 1.165) is 47.7 Å². The fourth-order valence-corrected chi connectivity index (χ4v) is 5.30. The normalized spacial score (nSPS) is 17.5. The van der Waals surface area contributed by atoms with E-state index < -0.39 is 0 Å². The molecule has 1 amide bonds. The molecule has 0 atom stereocenters. The summed E-state index contributed by atoms with van der Waals surface area (Å²) >= 11 is 0. The van der Waals surface area contributed by atoms with Crippen LogP contribution in [0.25, 0.3) is 11.0 Å². The summed E-state index contributed by atoms with van der Waals surface area (Å²) in [7, 11) is 0. The van der Waals surface area contributed by atoms with Crippen LogP contribution in [0.5, 0.6) is 0 Å². The number of aromatic nitrogens is 2. The zero-order chi connectivity index (χ0) is 22.8. The minimum Gasteiger partial charge on any atom is -0.366 e. The highest BCUT2D eigenvalue weighted by molar-refractivity contribution is 5.90. The Hall–Kier alpha value is -3.22. The molecular formula is C26H33N5O2. The van der Waals surface area contributed by atoms with E-state index in [2.05, 4.69) is 27.3 Å². The van der Waals surface area contributed by atoms with Gasteiger partial charge in [0, 0.05) is 45.3 Å². The van der Waals surface area contributed by atoms with Gasteiger partial charge in [0.05, 0.1) is 22.4 Å². The van der Waals surface area contributed by atoms with E-state index in [1.54, 1.807) is 6.92 Å². The molecule has 33 heavy (non-hydrogen) atoms. The third-order valence-electron chi connectivity index (χ3n) is 7.18. The molecule has 2 fully saturated rings. The van der Waals surface area contributed by atoms with Gasteiger partial charge in [0.25, 0.3) is 0 Å². The van der Waals surface area contributed by atoms with E-state index in [0.29, 0.717) is 19.0 Å². The Morgan fingerprint density at radius 3 is 2.45 bits per heavy atom. The first-order valence-electron chi connectivity index (χ1n) is 12.2. The van der Waals surface area contributed by atoms with Crippen LogP contribution >= 0.6 is 0 Å². The Morgan fingerprint density at radius 2 is 1.76 bits per heavy atom. The number of anilines is 3. The van der Waals surface area contributed by atoms with E-state index in [4.69, 9.17) is 0 Å². The molecule has 1 aliphatic carbocycles. The molecular weight excluding hydrogens is 414 g/mol. The number of imidazole rings is 1. The summed E-state index contributed by atoms with van der Waals surface area (Å²) in [6.45, 7) is 5.37. The second kappa shape index (κ2) is 9.33. The van der Waals surface area contributed by atoms with Crippen LogP contribution < -0.4 is 15.9 Å². The van der Waals surface area contributed by atoms with Crippen LogP contribution in [0.4, 0.5) is 17.1 Å². The highest BCUT2D eigenvalue weighted by Gasteiger charge is 2.23. The fraction of sp³-hybridized carbons (Fsp3) is 0.462. The molecule has 7 nitrogen and oxygen atoms in total. The molecule has 1 aliphatic heterocycles. The van der Waals surface area contributed by atoms with Gasteiger partial charge in [-0.05, 0) is 43.0 Å². The SMILES string of the molecule is CC(=O)N1CCN(c2cc3c(cc2Nc2ccccc2)[nH]c(=O)n3CC2CCCCC2)CC1. The van der Waals surface area contributed by atoms with Crippen molar-refractivity contribution in [3.63, 3.8) is 0 Å². The molecule has 5 rings (SSSR count). The number of carbonyl (C=O) groups is 1. The maximum Gasteiger partial charge on any atom is 0.326 e. The predicted molar refractivity (Wildman–Crippen MR) is 133 cm³/mol. The molecule has 2 aliphatic rings. The van der Waals surface area contributed by atoms with Gasteiger partial charge >= 0.3 is 5.69 Å². The molecule has 2 heterocycles. The van der Waals surface area contributed by atoms with Crippen LogP contribution in [0.15, 0.2) is 47.3 Å². The third kappa shape index (κ3) is 4.63. The molecule has 0 bridgehead atoms. The molecule has 2 N–H and O–H groups in total. The lowest BCUT2D eigenvalue weighted by Gasteiger charge is -2.36. The second-order valence-corrected chi connectivity index (χ2v) is 9.42. The van der Waals surface area contributed by atoms with E-state index in [-0.39, 0.29) is 11.6 Å². The van der Waals surface area contributed by atoms with Gasteiger partial charge in [-0.25, -0.2) is 4.79 Å². The number of benzene rings is 2. The molecule has 0 unspecified atom stereocenters. The largest absolute Gasteiger partial charge is 0.366 e. The summed E-state index contributed by atoms with van der Waals surface area (Å²) in [5.41, 5.74) is 4.85. The van der Waals surface area contributed by atoms with Gasteiger partial charge < -0.3 is 20.1 Å². The molecule has 1 aromatic heterocycles. The number of aromatic amines is 1. The molecule has 1 saturated carbocycles. The van der Waals surface area contributed by atoms with Crippen LogP contribution in [0, 0.1) is 5.92 Å². The second-order valence-electron chi connectivity index (χ2n) is 9.42. The van der Waals surface area contributed by atoms with Gasteiger partial charge in [0.15, 0.2) is 0 Å². The topological polar surface area (TPSA) is 73.4 Å².